The molecule has 5 nitrogen and oxygen atoms in total. The van der Waals surface area contributed by atoms with E-state index in [-0.39, 0.29) is 17.9 Å². The van der Waals surface area contributed by atoms with Crippen molar-refractivity contribution in [1.29, 1.82) is 0 Å². The second-order valence-electron chi connectivity index (χ2n) is 6.64. The Kier molecular flexibility index (Phi) is 8.26. The standard InChI is InChI=1S/C15H30N2O3/c1-12(2)7-11-17(5)14(20)16-10-9-15(3,4)8-6-13(18)19/h12H,6-11H2,1-5H3,(H,16,20)(H,18,19). The average Bonchev–Trinajstić information content (AvgIpc) is 2.33. The second kappa shape index (κ2) is 8.82. The lowest BCUT2D eigenvalue weighted by atomic mass is 9.84. The van der Waals surface area contributed by atoms with Crippen molar-refractivity contribution in [3.8, 4) is 0 Å². The zero-order valence-corrected chi connectivity index (χ0v) is 13.5. The van der Waals surface area contributed by atoms with Crippen LogP contribution in [0.4, 0.5) is 4.79 Å². The van der Waals surface area contributed by atoms with Crippen molar-refractivity contribution in [2.24, 2.45) is 11.3 Å². The molecule has 0 aromatic carbocycles. The number of carboxylic acids is 1. The van der Waals surface area contributed by atoms with E-state index in [1.54, 1.807) is 11.9 Å². The maximum Gasteiger partial charge on any atom is 0.317 e. The molecular weight excluding hydrogens is 256 g/mol. The van der Waals surface area contributed by atoms with Crippen molar-refractivity contribution in [2.75, 3.05) is 20.1 Å². The van der Waals surface area contributed by atoms with Gasteiger partial charge >= 0.3 is 12.0 Å². The van der Waals surface area contributed by atoms with Crippen LogP contribution >= 0.6 is 0 Å². The Hall–Kier alpha value is -1.26. The van der Waals surface area contributed by atoms with E-state index in [4.69, 9.17) is 5.11 Å². The van der Waals surface area contributed by atoms with Gasteiger partial charge in [-0.15, -0.1) is 0 Å². The van der Waals surface area contributed by atoms with Crippen molar-refractivity contribution >= 4 is 12.0 Å². The Morgan fingerprint density at radius 2 is 1.85 bits per heavy atom. The van der Waals surface area contributed by atoms with Gasteiger partial charge in [-0.2, -0.15) is 0 Å². The highest BCUT2D eigenvalue weighted by molar-refractivity contribution is 5.73. The Bertz CT molecular complexity index is 314. The maximum atomic E-state index is 11.8. The summed E-state index contributed by atoms with van der Waals surface area (Å²) in [6.45, 7) is 9.67. The predicted molar refractivity (Wildman–Crippen MR) is 80.8 cm³/mol. The number of hydrogen-bond donors (Lipinski definition) is 2. The van der Waals surface area contributed by atoms with E-state index < -0.39 is 5.97 Å². The number of carbonyl (C=O) groups excluding carboxylic acids is 1. The molecule has 0 saturated carbocycles. The summed E-state index contributed by atoms with van der Waals surface area (Å²) >= 11 is 0. The van der Waals surface area contributed by atoms with Crippen LogP contribution in [-0.4, -0.2) is 42.1 Å². The summed E-state index contributed by atoms with van der Waals surface area (Å²) in [4.78, 5) is 24.1. The molecule has 5 heteroatoms. The molecule has 0 aliphatic heterocycles. The minimum absolute atomic E-state index is 0.0558. The maximum absolute atomic E-state index is 11.8. The third kappa shape index (κ3) is 9.64. The number of rotatable bonds is 9. The predicted octanol–water partition coefficient (Wildman–Crippen LogP) is 2.96. The first-order valence-corrected chi connectivity index (χ1v) is 7.35. The molecule has 2 N–H and O–H groups in total. The Balaban J connectivity index is 3.91. The zero-order chi connectivity index (χ0) is 15.8. The van der Waals surface area contributed by atoms with Gasteiger partial charge in [0.15, 0.2) is 0 Å². The van der Waals surface area contributed by atoms with Crippen LogP contribution in [0, 0.1) is 11.3 Å². The highest BCUT2D eigenvalue weighted by Crippen LogP contribution is 2.25. The van der Waals surface area contributed by atoms with Crippen LogP contribution in [0.15, 0.2) is 0 Å². The third-order valence-corrected chi connectivity index (χ3v) is 3.48. The largest absolute Gasteiger partial charge is 0.481 e. The molecule has 0 spiro atoms. The molecule has 0 fully saturated rings. The molecule has 0 radical (unpaired) electrons. The lowest BCUT2D eigenvalue weighted by Gasteiger charge is -2.25. The van der Waals surface area contributed by atoms with Crippen LogP contribution < -0.4 is 5.32 Å². The highest BCUT2D eigenvalue weighted by Gasteiger charge is 2.19. The third-order valence-electron chi connectivity index (χ3n) is 3.48. The fraction of sp³-hybridized carbons (Fsp3) is 0.867. The number of urea groups is 1. The summed E-state index contributed by atoms with van der Waals surface area (Å²) in [6.07, 6.45) is 2.58. The minimum Gasteiger partial charge on any atom is -0.481 e. The lowest BCUT2D eigenvalue weighted by molar-refractivity contribution is -0.137. The van der Waals surface area contributed by atoms with E-state index in [1.807, 2.05) is 13.8 Å². The van der Waals surface area contributed by atoms with E-state index in [0.717, 1.165) is 19.4 Å². The fourth-order valence-electron chi connectivity index (χ4n) is 1.77. The van der Waals surface area contributed by atoms with Gasteiger partial charge in [-0.05, 0) is 30.6 Å². The SMILES string of the molecule is CC(C)CCN(C)C(=O)NCCC(C)(C)CCC(=O)O. The molecule has 0 aromatic rings. The Morgan fingerprint density at radius 1 is 1.25 bits per heavy atom. The molecule has 0 unspecified atom stereocenters. The molecule has 0 bridgehead atoms. The van der Waals surface area contributed by atoms with Crippen LogP contribution in [0.5, 0.6) is 0 Å². The average molecular weight is 286 g/mol. The molecule has 0 aliphatic rings. The molecule has 0 saturated heterocycles. The first-order valence-electron chi connectivity index (χ1n) is 7.35. The molecular formula is C15H30N2O3. The van der Waals surface area contributed by atoms with E-state index in [0.29, 0.717) is 18.9 Å². The number of carboxylic acid groups (broad SMARTS) is 1. The minimum atomic E-state index is -0.768. The molecule has 0 heterocycles. The van der Waals surface area contributed by atoms with E-state index in [1.165, 1.54) is 0 Å². The molecule has 118 valence electrons. The summed E-state index contributed by atoms with van der Waals surface area (Å²) in [5.41, 5.74) is -0.0673. The number of aliphatic carboxylic acids is 1. The van der Waals surface area contributed by atoms with Crippen LogP contribution in [0.3, 0.4) is 0 Å². The highest BCUT2D eigenvalue weighted by atomic mass is 16.4. The van der Waals surface area contributed by atoms with Gasteiger partial charge in [-0.25, -0.2) is 4.79 Å². The summed E-state index contributed by atoms with van der Waals surface area (Å²) in [7, 11) is 1.80. The van der Waals surface area contributed by atoms with Gasteiger partial charge < -0.3 is 15.3 Å². The van der Waals surface area contributed by atoms with Gasteiger partial charge in [0.25, 0.3) is 0 Å². The normalized spacial score (nSPS) is 11.5. The Morgan fingerprint density at radius 3 is 2.35 bits per heavy atom. The number of carbonyl (C=O) groups is 2. The summed E-state index contributed by atoms with van der Waals surface area (Å²) in [5, 5.41) is 11.6. The van der Waals surface area contributed by atoms with Crippen molar-refractivity contribution in [1.82, 2.24) is 10.2 Å². The monoisotopic (exact) mass is 286 g/mol. The molecule has 0 rings (SSSR count). The smallest absolute Gasteiger partial charge is 0.317 e. The van der Waals surface area contributed by atoms with E-state index in [2.05, 4.69) is 19.2 Å². The van der Waals surface area contributed by atoms with E-state index >= 15 is 0 Å². The van der Waals surface area contributed by atoms with E-state index in [9.17, 15) is 9.59 Å². The van der Waals surface area contributed by atoms with Crippen LogP contribution in [0.2, 0.25) is 0 Å². The fourth-order valence-corrected chi connectivity index (χ4v) is 1.77. The summed E-state index contributed by atoms with van der Waals surface area (Å²) in [5.74, 6) is -0.185. The van der Waals surface area contributed by atoms with Gasteiger partial charge in [0.2, 0.25) is 0 Å². The van der Waals surface area contributed by atoms with Gasteiger partial charge in [0, 0.05) is 26.6 Å². The van der Waals surface area contributed by atoms with Gasteiger partial charge in [-0.3, -0.25) is 4.79 Å². The summed E-state index contributed by atoms with van der Waals surface area (Å²) < 4.78 is 0. The first kappa shape index (κ1) is 18.7. The number of amides is 2. The van der Waals surface area contributed by atoms with Gasteiger partial charge in [-0.1, -0.05) is 27.7 Å². The van der Waals surface area contributed by atoms with Crippen molar-refractivity contribution in [2.45, 2.75) is 53.4 Å². The van der Waals surface area contributed by atoms with Crippen LogP contribution in [0.1, 0.15) is 53.4 Å². The second-order valence-corrected chi connectivity index (χ2v) is 6.64. The number of nitrogens with one attached hydrogen (secondary N) is 1. The van der Waals surface area contributed by atoms with Crippen LogP contribution in [-0.2, 0) is 4.79 Å². The van der Waals surface area contributed by atoms with Gasteiger partial charge in [0.1, 0.15) is 0 Å². The zero-order valence-electron chi connectivity index (χ0n) is 13.5. The van der Waals surface area contributed by atoms with Crippen molar-refractivity contribution < 1.29 is 14.7 Å². The lowest BCUT2D eigenvalue weighted by Crippen LogP contribution is -2.39. The van der Waals surface area contributed by atoms with Crippen LogP contribution in [0.25, 0.3) is 0 Å². The molecule has 0 atom stereocenters. The number of nitrogens with zero attached hydrogens (tertiary/aromatic N) is 1. The van der Waals surface area contributed by atoms with Gasteiger partial charge in [0.05, 0.1) is 0 Å². The summed E-state index contributed by atoms with van der Waals surface area (Å²) in [6, 6.07) is -0.0558. The quantitative estimate of drug-likeness (QED) is 0.684. The molecule has 2 amide bonds. The Labute approximate surface area is 122 Å². The topological polar surface area (TPSA) is 69.6 Å². The molecule has 0 aliphatic carbocycles. The molecule has 20 heavy (non-hydrogen) atoms. The molecule has 0 aromatic heterocycles. The number of hydrogen-bond acceptors (Lipinski definition) is 2. The van der Waals surface area contributed by atoms with Crippen molar-refractivity contribution in [3.63, 3.8) is 0 Å². The first-order chi connectivity index (χ1) is 9.14. The van der Waals surface area contributed by atoms with Crippen molar-refractivity contribution in [3.05, 3.63) is 0 Å².